The highest BCUT2D eigenvalue weighted by Gasteiger charge is 2.38. The molecule has 0 saturated heterocycles. The number of Topliss-reactive ketones (excluding diaryl/α,β-unsaturated/α-hetero) is 1. The van der Waals surface area contributed by atoms with Gasteiger partial charge in [-0.3, -0.25) is 14.5 Å². The van der Waals surface area contributed by atoms with Gasteiger partial charge in [0.15, 0.2) is 5.82 Å². The van der Waals surface area contributed by atoms with E-state index < -0.39 is 17.5 Å². The molecular weight excluding hydrogens is 277 g/mol. The third-order valence-electron chi connectivity index (χ3n) is 3.23. The number of nitrogens with zero attached hydrogens (tertiary/aromatic N) is 3. The standard InChI is InChI=1S/C14H12FN3O3/c1-7(2)13-16-10(21-17-13)6-18-11-8(12(19)14(18)20)4-3-5-9(11)15/h3-5,7H,6H2,1-2H3. The molecule has 3 rings (SSSR count). The van der Waals surface area contributed by atoms with E-state index in [2.05, 4.69) is 10.1 Å². The maximum Gasteiger partial charge on any atom is 0.300 e. The van der Waals surface area contributed by atoms with Gasteiger partial charge >= 0.3 is 0 Å². The molecule has 0 fully saturated rings. The van der Waals surface area contributed by atoms with E-state index in [-0.39, 0.29) is 29.6 Å². The van der Waals surface area contributed by atoms with Crippen LogP contribution >= 0.6 is 0 Å². The van der Waals surface area contributed by atoms with Gasteiger partial charge in [-0.15, -0.1) is 0 Å². The summed E-state index contributed by atoms with van der Waals surface area (Å²) < 4.78 is 18.9. The molecule has 0 spiro atoms. The Morgan fingerprint density at radius 2 is 2.10 bits per heavy atom. The maximum atomic E-state index is 13.9. The summed E-state index contributed by atoms with van der Waals surface area (Å²) in [5.41, 5.74) is 0.0281. The van der Waals surface area contributed by atoms with Crippen LogP contribution in [0.15, 0.2) is 22.7 Å². The minimum absolute atomic E-state index is 0.0307. The van der Waals surface area contributed by atoms with Crippen LogP contribution in [-0.4, -0.2) is 21.8 Å². The van der Waals surface area contributed by atoms with Crippen molar-refractivity contribution in [1.82, 2.24) is 10.1 Å². The Labute approximate surface area is 119 Å². The summed E-state index contributed by atoms with van der Waals surface area (Å²) in [6.45, 7) is 3.67. The minimum atomic E-state index is -0.792. The van der Waals surface area contributed by atoms with Gasteiger partial charge in [-0.25, -0.2) is 4.39 Å². The Balaban J connectivity index is 1.96. The summed E-state index contributed by atoms with van der Waals surface area (Å²) in [4.78, 5) is 29.0. The summed E-state index contributed by atoms with van der Waals surface area (Å²) in [6, 6.07) is 4.02. The topological polar surface area (TPSA) is 76.3 Å². The molecule has 0 atom stereocenters. The van der Waals surface area contributed by atoms with Gasteiger partial charge in [-0.1, -0.05) is 25.1 Å². The molecule has 0 radical (unpaired) electrons. The third-order valence-corrected chi connectivity index (χ3v) is 3.23. The van der Waals surface area contributed by atoms with Crippen LogP contribution in [0.5, 0.6) is 0 Å². The van der Waals surface area contributed by atoms with Gasteiger partial charge in [0.1, 0.15) is 12.4 Å². The van der Waals surface area contributed by atoms with Crippen LogP contribution in [0.2, 0.25) is 0 Å². The zero-order valence-corrected chi connectivity index (χ0v) is 11.5. The predicted molar refractivity (Wildman–Crippen MR) is 70.3 cm³/mol. The lowest BCUT2D eigenvalue weighted by atomic mass is 10.1. The number of amides is 1. The number of carbonyl (C=O) groups excluding carboxylic acids is 2. The van der Waals surface area contributed by atoms with Crippen molar-refractivity contribution in [2.45, 2.75) is 26.3 Å². The Morgan fingerprint density at radius 1 is 1.33 bits per heavy atom. The molecule has 108 valence electrons. The first-order valence-electron chi connectivity index (χ1n) is 6.46. The largest absolute Gasteiger partial charge is 0.337 e. The van der Waals surface area contributed by atoms with Crippen LogP contribution in [0.25, 0.3) is 0 Å². The molecule has 0 saturated carbocycles. The lowest BCUT2D eigenvalue weighted by molar-refractivity contribution is -0.114. The normalized spacial score (nSPS) is 14.2. The fourth-order valence-corrected chi connectivity index (χ4v) is 2.17. The fourth-order valence-electron chi connectivity index (χ4n) is 2.17. The van der Waals surface area contributed by atoms with Crippen molar-refractivity contribution in [3.05, 3.63) is 41.3 Å². The fraction of sp³-hybridized carbons (Fsp3) is 0.286. The van der Waals surface area contributed by atoms with Crippen molar-refractivity contribution < 1.29 is 18.5 Å². The van der Waals surface area contributed by atoms with Crippen molar-refractivity contribution in [3.63, 3.8) is 0 Å². The summed E-state index contributed by atoms with van der Waals surface area (Å²) in [7, 11) is 0. The van der Waals surface area contributed by atoms with Gasteiger partial charge in [0.2, 0.25) is 5.89 Å². The van der Waals surface area contributed by atoms with E-state index in [1.165, 1.54) is 18.2 Å². The average Bonchev–Trinajstić information content (AvgIpc) is 3.00. The predicted octanol–water partition coefficient (Wildman–Crippen LogP) is 2.06. The smallest absolute Gasteiger partial charge is 0.300 e. The SMILES string of the molecule is CC(C)c1noc(CN2C(=O)C(=O)c3cccc(F)c32)n1. The van der Waals surface area contributed by atoms with E-state index in [4.69, 9.17) is 4.52 Å². The van der Waals surface area contributed by atoms with Crippen LogP contribution in [0.4, 0.5) is 10.1 Å². The van der Waals surface area contributed by atoms with Gasteiger partial charge in [0.05, 0.1) is 11.3 Å². The van der Waals surface area contributed by atoms with Crippen LogP contribution < -0.4 is 4.90 Å². The first-order valence-corrected chi connectivity index (χ1v) is 6.46. The van der Waals surface area contributed by atoms with E-state index in [1.54, 1.807) is 0 Å². The number of ketones is 1. The Morgan fingerprint density at radius 3 is 2.76 bits per heavy atom. The number of halogens is 1. The van der Waals surface area contributed by atoms with Gasteiger partial charge in [0.25, 0.3) is 11.7 Å². The van der Waals surface area contributed by atoms with E-state index >= 15 is 0 Å². The molecule has 1 aromatic carbocycles. The van der Waals surface area contributed by atoms with Crippen molar-refractivity contribution in [1.29, 1.82) is 0 Å². The number of anilines is 1. The molecule has 1 aliphatic heterocycles. The molecule has 0 N–H and O–H groups in total. The monoisotopic (exact) mass is 289 g/mol. The first-order chi connectivity index (χ1) is 9.99. The van der Waals surface area contributed by atoms with Crippen LogP contribution in [-0.2, 0) is 11.3 Å². The van der Waals surface area contributed by atoms with Crippen molar-refractivity contribution in [2.75, 3.05) is 4.90 Å². The number of fused-ring (bicyclic) bond motifs is 1. The van der Waals surface area contributed by atoms with Crippen LogP contribution in [0.3, 0.4) is 0 Å². The van der Waals surface area contributed by atoms with E-state index in [1.807, 2.05) is 13.8 Å². The molecule has 2 aromatic rings. The van der Waals surface area contributed by atoms with Gasteiger partial charge in [0, 0.05) is 5.92 Å². The van der Waals surface area contributed by atoms with E-state index in [0.29, 0.717) is 5.82 Å². The lowest BCUT2D eigenvalue weighted by Crippen LogP contribution is -2.29. The molecule has 0 aliphatic carbocycles. The highest BCUT2D eigenvalue weighted by atomic mass is 19.1. The van der Waals surface area contributed by atoms with Crippen molar-refractivity contribution >= 4 is 17.4 Å². The highest BCUT2D eigenvalue weighted by molar-refractivity contribution is 6.52. The molecule has 0 bridgehead atoms. The Bertz CT molecular complexity index is 739. The number of hydrogen-bond acceptors (Lipinski definition) is 5. The van der Waals surface area contributed by atoms with Gasteiger partial charge in [-0.05, 0) is 12.1 Å². The van der Waals surface area contributed by atoms with Crippen LogP contribution in [0, 0.1) is 5.82 Å². The van der Waals surface area contributed by atoms with E-state index in [9.17, 15) is 14.0 Å². The summed E-state index contributed by atoms with van der Waals surface area (Å²) in [6.07, 6.45) is 0. The molecule has 1 amide bonds. The molecule has 6 nitrogen and oxygen atoms in total. The second-order valence-electron chi connectivity index (χ2n) is 5.06. The molecule has 1 aliphatic rings. The van der Waals surface area contributed by atoms with Gasteiger partial charge < -0.3 is 4.52 Å². The molecule has 0 unspecified atom stereocenters. The number of para-hydroxylation sites is 1. The zero-order chi connectivity index (χ0) is 15.1. The number of benzene rings is 1. The van der Waals surface area contributed by atoms with Crippen LogP contribution in [0.1, 0.15) is 41.8 Å². The van der Waals surface area contributed by atoms with Gasteiger partial charge in [-0.2, -0.15) is 4.98 Å². The minimum Gasteiger partial charge on any atom is -0.337 e. The summed E-state index contributed by atoms with van der Waals surface area (Å²) >= 11 is 0. The van der Waals surface area contributed by atoms with Crippen molar-refractivity contribution in [3.8, 4) is 0 Å². The highest BCUT2D eigenvalue weighted by Crippen LogP contribution is 2.32. The number of carbonyl (C=O) groups is 2. The third kappa shape index (κ3) is 2.10. The summed E-state index contributed by atoms with van der Waals surface area (Å²) in [5, 5.41) is 3.78. The van der Waals surface area contributed by atoms with Crippen molar-refractivity contribution in [2.24, 2.45) is 0 Å². The number of aromatic nitrogens is 2. The Hall–Kier alpha value is -2.57. The quantitative estimate of drug-likeness (QED) is 0.808. The lowest BCUT2D eigenvalue weighted by Gasteiger charge is -2.14. The molecular formula is C14H12FN3O3. The Kier molecular flexibility index (Phi) is 3.04. The first kappa shape index (κ1) is 13.4. The number of hydrogen-bond donors (Lipinski definition) is 0. The zero-order valence-electron chi connectivity index (χ0n) is 11.5. The average molecular weight is 289 g/mol. The second-order valence-corrected chi connectivity index (χ2v) is 5.06. The number of rotatable bonds is 3. The molecule has 21 heavy (non-hydrogen) atoms. The summed E-state index contributed by atoms with van der Waals surface area (Å²) in [5.74, 6) is -1.42. The molecule has 7 heteroatoms. The molecule has 1 aromatic heterocycles. The maximum absolute atomic E-state index is 13.9. The molecule has 2 heterocycles. The second kappa shape index (κ2) is 4.76. The van der Waals surface area contributed by atoms with E-state index in [0.717, 1.165) is 4.90 Å².